The van der Waals surface area contributed by atoms with Crippen LogP contribution >= 0.6 is 0 Å². The molecule has 0 radical (unpaired) electrons. The number of aliphatic hydroxyl groups is 3. The minimum absolute atomic E-state index is 0.136. The van der Waals surface area contributed by atoms with Crippen LogP contribution in [0.1, 0.15) is 322 Å². The second-order valence-electron chi connectivity index (χ2n) is 19.5. The third-order valence-corrected chi connectivity index (χ3v) is 13.5. The minimum atomic E-state index is -1.13. The average Bonchev–Trinajstić information content (AvgIpc) is 3.25. The van der Waals surface area contributed by atoms with Gasteiger partial charge < -0.3 is 20.6 Å². The molecule has 360 valence electrons. The highest BCUT2D eigenvalue weighted by molar-refractivity contribution is 5.76. The summed E-state index contributed by atoms with van der Waals surface area (Å²) in [5.74, 6) is -0.136. The van der Waals surface area contributed by atoms with Crippen LogP contribution < -0.4 is 5.32 Å². The summed E-state index contributed by atoms with van der Waals surface area (Å²) >= 11 is 0. The molecule has 0 saturated heterocycles. The first-order valence-corrected chi connectivity index (χ1v) is 27.8. The number of carbonyl (C=O) groups excluding carboxylic acids is 1. The molecule has 5 nitrogen and oxygen atoms in total. The summed E-state index contributed by atoms with van der Waals surface area (Å²) in [5.41, 5.74) is 0. The molecule has 0 aromatic heterocycles. The second kappa shape index (κ2) is 51.0. The first-order valence-electron chi connectivity index (χ1n) is 27.8. The SMILES string of the molecule is CCCCCCCCCCCCCCCCCCCCCCCCCCCCCCCCC(=O)N[C@@H](CO)[C@H](O)[C@H](O)CCCCCCCCCCCCCCCCCC. The number of nitrogens with one attached hydrogen (secondary N) is 1. The molecule has 0 heterocycles. The molecular formula is C55H111NO4. The van der Waals surface area contributed by atoms with Gasteiger partial charge in [-0.3, -0.25) is 4.79 Å². The zero-order chi connectivity index (χ0) is 43.7. The van der Waals surface area contributed by atoms with Crippen LogP contribution in [-0.4, -0.2) is 46.1 Å². The lowest BCUT2D eigenvalue weighted by Crippen LogP contribution is -2.50. The Balaban J connectivity index is 3.46. The van der Waals surface area contributed by atoms with Crippen LogP contribution in [0, 0.1) is 0 Å². The average molecular weight is 850 g/mol. The summed E-state index contributed by atoms with van der Waals surface area (Å²) in [4.78, 5) is 12.5. The van der Waals surface area contributed by atoms with Crippen molar-refractivity contribution in [3.63, 3.8) is 0 Å². The molecule has 4 N–H and O–H groups in total. The maximum absolute atomic E-state index is 12.5. The predicted octanol–water partition coefficient (Wildman–Crippen LogP) is 16.9. The number of hydrogen-bond donors (Lipinski definition) is 4. The van der Waals surface area contributed by atoms with E-state index >= 15 is 0 Å². The van der Waals surface area contributed by atoms with Gasteiger partial charge in [-0.25, -0.2) is 0 Å². The first kappa shape index (κ1) is 59.4. The van der Waals surface area contributed by atoms with Crippen LogP contribution in [0.15, 0.2) is 0 Å². The summed E-state index contributed by atoms with van der Waals surface area (Å²) < 4.78 is 0. The van der Waals surface area contributed by atoms with Crippen LogP contribution in [-0.2, 0) is 4.79 Å². The van der Waals surface area contributed by atoms with Gasteiger partial charge in [0.05, 0.1) is 18.8 Å². The van der Waals surface area contributed by atoms with Gasteiger partial charge in [-0.2, -0.15) is 0 Å². The van der Waals surface area contributed by atoms with Gasteiger partial charge in [0, 0.05) is 6.42 Å². The van der Waals surface area contributed by atoms with E-state index in [-0.39, 0.29) is 12.5 Å². The van der Waals surface area contributed by atoms with Crippen LogP contribution in [0.4, 0.5) is 0 Å². The van der Waals surface area contributed by atoms with Gasteiger partial charge in [-0.15, -0.1) is 0 Å². The zero-order valence-electron chi connectivity index (χ0n) is 41.1. The molecule has 0 spiro atoms. The lowest BCUT2D eigenvalue weighted by atomic mass is 9.99. The van der Waals surface area contributed by atoms with Crippen molar-refractivity contribution in [1.82, 2.24) is 5.32 Å². The molecule has 0 unspecified atom stereocenters. The molecule has 0 saturated carbocycles. The molecule has 0 aromatic carbocycles. The van der Waals surface area contributed by atoms with Crippen LogP contribution in [0.3, 0.4) is 0 Å². The maximum atomic E-state index is 12.5. The summed E-state index contributed by atoms with van der Waals surface area (Å²) in [6, 6.07) is -0.804. The van der Waals surface area contributed by atoms with Crippen molar-refractivity contribution in [3.05, 3.63) is 0 Å². The topological polar surface area (TPSA) is 89.8 Å². The van der Waals surface area contributed by atoms with Gasteiger partial charge in [0.1, 0.15) is 6.10 Å². The van der Waals surface area contributed by atoms with Crippen molar-refractivity contribution >= 4 is 5.91 Å². The standard InChI is InChI=1S/C55H111NO4/c1-3-5-7-9-11-13-15-17-19-21-22-23-24-25-26-27-28-29-30-31-32-33-34-36-38-40-42-44-46-48-50-54(59)56-52(51-57)55(60)53(58)49-47-45-43-41-39-37-35-20-18-16-14-12-10-8-6-4-2/h52-53,55,57-58,60H,3-51H2,1-2H3,(H,56,59)/t52-,53+,55-/m0/s1. The lowest BCUT2D eigenvalue weighted by Gasteiger charge is -2.26. The van der Waals surface area contributed by atoms with Crippen molar-refractivity contribution < 1.29 is 20.1 Å². The molecule has 0 aliphatic heterocycles. The van der Waals surface area contributed by atoms with E-state index in [4.69, 9.17) is 0 Å². The van der Waals surface area contributed by atoms with E-state index in [1.807, 2.05) is 0 Å². The molecule has 60 heavy (non-hydrogen) atoms. The maximum Gasteiger partial charge on any atom is 0.220 e. The van der Waals surface area contributed by atoms with Gasteiger partial charge in [0.25, 0.3) is 0 Å². The van der Waals surface area contributed by atoms with Crippen LogP contribution in [0.25, 0.3) is 0 Å². The molecule has 0 fully saturated rings. The van der Waals surface area contributed by atoms with Crippen LogP contribution in [0.2, 0.25) is 0 Å². The molecule has 5 heteroatoms. The van der Waals surface area contributed by atoms with E-state index in [2.05, 4.69) is 19.2 Å². The Kier molecular flexibility index (Phi) is 50.4. The quantitative estimate of drug-likeness (QED) is 0.0459. The number of unbranched alkanes of at least 4 members (excludes halogenated alkanes) is 44. The smallest absolute Gasteiger partial charge is 0.220 e. The number of rotatable bonds is 52. The monoisotopic (exact) mass is 850 g/mol. The highest BCUT2D eigenvalue weighted by Gasteiger charge is 2.26. The zero-order valence-corrected chi connectivity index (χ0v) is 41.1. The van der Waals surface area contributed by atoms with Crippen molar-refractivity contribution in [3.8, 4) is 0 Å². The van der Waals surface area contributed by atoms with Crippen molar-refractivity contribution in [2.45, 2.75) is 340 Å². The van der Waals surface area contributed by atoms with E-state index in [9.17, 15) is 20.1 Å². The van der Waals surface area contributed by atoms with Gasteiger partial charge in [0.2, 0.25) is 5.91 Å². The molecule has 1 amide bonds. The van der Waals surface area contributed by atoms with E-state index in [1.165, 1.54) is 263 Å². The summed E-state index contributed by atoms with van der Waals surface area (Å²) in [6.45, 7) is 4.22. The normalized spacial score (nSPS) is 13.2. The third kappa shape index (κ3) is 45.4. The molecule has 0 aliphatic carbocycles. The van der Waals surface area contributed by atoms with Gasteiger partial charge >= 0.3 is 0 Å². The molecule has 0 bridgehead atoms. The molecule has 0 aromatic rings. The predicted molar refractivity (Wildman–Crippen MR) is 264 cm³/mol. The molecule has 3 atom stereocenters. The fourth-order valence-corrected chi connectivity index (χ4v) is 9.17. The second-order valence-corrected chi connectivity index (χ2v) is 19.5. The molecular weight excluding hydrogens is 739 g/mol. The Hall–Kier alpha value is -0.650. The lowest BCUT2D eigenvalue weighted by molar-refractivity contribution is -0.124. The van der Waals surface area contributed by atoms with Crippen molar-refractivity contribution in [2.24, 2.45) is 0 Å². The highest BCUT2D eigenvalue weighted by atomic mass is 16.3. The number of hydrogen-bond acceptors (Lipinski definition) is 4. The van der Waals surface area contributed by atoms with Crippen molar-refractivity contribution in [2.75, 3.05) is 6.61 Å². The number of carbonyl (C=O) groups is 1. The largest absolute Gasteiger partial charge is 0.394 e. The Morgan fingerprint density at radius 3 is 0.800 bits per heavy atom. The molecule has 0 aliphatic rings. The van der Waals surface area contributed by atoms with E-state index in [0.717, 1.165) is 32.1 Å². The highest BCUT2D eigenvalue weighted by Crippen LogP contribution is 2.19. The van der Waals surface area contributed by atoms with E-state index in [1.54, 1.807) is 0 Å². The van der Waals surface area contributed by atoms with Gasteiger partial charge in [-0.1, -0.05) is 303 Å². The fraction of sp³-hybridized carbons (Fsp3) is 0.982. The Labute approximate surface area is 377 Å². The summed E-state index contributed by atoms with van der Waals surface area (Å²) in [7, 11) is 0. The summed E-state index contributed by atoms with van der Waals surface area (Å²) in [5, 5.41) is 33.7. The van der Waals surface area contributed by atoms with E-state index in [0.29, 0.717) is 12.8 Å². The van der Waals surface area contributed by atoms with Gasteiger partial charge in [0.15, 0.2) is 0 Å². The van der Waals surface area contributed by atoms with Gasteiger partial charge in [-0.05, 0) is 12.8 Å². The number of amides is 1. The van der Waals surface area contributed by atoms with E-state index < -0.39 is 18.2 Å². The minimum Gasteiger partial charge on any atom is -0.394 e. The Morgan fingerprint density at radius 1 is 0.350 bits per heavy atom. The molecule has 0 rings (SSSR count). The fourth-order valence-electron chi connectivity index (χ4n) is 9.17. The first-order chi connectivity index (χ1) is 29.6. The Bertz CT molecular complexity index is 807. The Morgan fingerprint density at radius 2 is 0.567 bits per heavy atom. The van der Waals surface area contributed by atoms with Crippen LogP contribution in [0.5, 0.6) is 0 Å². The number of aliphatic hydroxyl groups excluding tert-OH is 3. The third-order valence-electron chi connectivity index (χ3n) is 13.5. The summed E-state index contributed by atoms with van der Waals surface area (Å²) in [6.07, 6.45) is 61.2. The van der Waals surface area contributed by atoms with Crippen molar-refractivity contribution in [1.29, 1.82) is 0 Å².